The molecular formula is C25H18BrN3O8. The van der Waals surface area contributed by atoms with Gasteiger partial charge in [0.1, 0.15) is 6.61 Å². The van der Waals surface area contributed by atoms with Gasteiger partial charge in [0, 0.05) is 29.3 Å². The first-order valence-corrected chi connectivity index (χ1v) is 11.5. The zero-order valence-electron chi connectivity index (χ0n) is 19.5. The Labute approximate surface area is 218 Å². The van der Waals surface area contributed by atoms with E-state index < -0.39 is 15.8 Å². The van der Waals surface area contributed by atoms with Gasteiger partial charge in [0.05, 0.1) is 21.4 Å². The topological polar surface area (TPSA) is 143 Å². The van der Waals surface area contributed by atoms with E-state index in [-0.39, 0.29) is 29.6 Å². The molecule has 0 saturated heterocycles. The number of non-ortho nitro benzene ring substituents is 1. The monoisotopic (exact) mass is 567 g/mol. The Hall–Kier alpha value is -4.58. The third kappa shape index (κ3) is 5.48. The number of cyclic esters (lactones) is 1. The molecule has 188 valence electrons. The minimum atomic E-state index is -0.706. The average Bonchev–Trinajstić information content (AvgIpc) is 3.22. The van der Waals surface area contributed by atoms with Crippen LogP contribution in [-0.2, 0) is 16.1 Å². The standard InChI is InChI=1S/C25H18BrN3O8/c1-14-18(7-4-8-21(14)29(33)34)24-27-20(25(30)37-24)11-16-10-19(26)23(22(12-16)35-2)36-13-15-5-3-6-17(9-15)28(31)32/h3-12H,13H2,1-2H3/b20-11-. The molecule has 37 heavy (non-hydrogen) atoms. The van der Waals surface area contributed by atoms with E-state index in [4.69, 9.17) is 14.2 Å². The molecule has 11 nitrogen and oxygen atoms in total. The van der Waals surface area contributed by atoms with Crippen molar-refractivity contribution in [2.24, 2.45) is 4.99 Å². The number of ether oxygens (including phenoxy) is 3. The van der Waals surface area contributed by atoms with Crippen molar-refractivity contribution in [1.82, 2.24) is 0 Å². The number of benzene rings is 3. The fourth-order valence-corrected chi connectivity index (χ4v) is 4.19. The van der Waals surface area contributed by atoms with Crippen LogP contribution in [0.4, 0.5) is 11.4 Å². The third-order valence-corrected chi connectivity index (χ3v) is 6.00. The van der Waals surface area contributed by atoms with Crippen molar-refractivity contribution < 1.29 is 28.9 Å². The molecular weight excluding hydrogens is 550 g/mol. The van der Waals surface area contributed by atoms with Gasteiger partial charge in [-0.25, -0.2) is 9.79 Å². The number of nitrogens with zero attached hydrogens (tertiary/aromatic N) is 3. The minimum absolute atomic E-state index is 0.000114. The zero-order chi connectivity index (χ0) is 26.7. The van der Waals surface area contributed by atoms with Crippen LogP contribution in [0.2, 0.25) is 0 Å². The first-order chi connectivity index (χ1) is 17.7. The molecule has 1 aliphatic heterocycles. The van der Waals surface area contributed by atoms with E-state index in [1.807, 2.05) is 0 Å². The van der Waals surface area contributed by atoms with E-state index in [0.29, 0.717) is 38.2 Å². The van der Waals surface area contributed by atoms with Crippen LogP contribution in [0.25, 0.3) is 6.08 Å². The quantitative estimate of drug-likeness (QED) is 0.150. The van der Waals surface area contributed by atoms with E-state index in [9.17, 15) is 25.0 Å². The number of nitro benzene ring substituents is 2. The molecule has 0 aliphatic carbocycles. The van der Waals surface area contributed by atoms with Gasteiger partial charge in [0.15, 0.2) is 17.2 Å². The Kier molecular flexibility index (Phi) is 7.30. The summed E-state index contributed by atoms with van der Waals surface area (Å²) in [7, 11) is 1.45. The van der Waals surface area contributed by atoms with E-state index in [1.54, 1.807) is 37.3 Å². The van der Waals surface area contributed by atoms with E-state index in [1.165, 1.54) is 37.5 Å². The van der Waals surface area contributed by atoms with Crippen molar-refractivity contribution in [3.05, 3.63) is 107 Å². The van der Waals surface area contributed by atoms with Gasteiger partial charge in [-0.3, -0.25) is 20.2 Å². The Bertz CT molecular complexity index is 1500. The van der Waals surface area contributed by atoms with Gasteiger partial charge >= 0.3 is 5.97 Å². The van der Waals surface area contributed by atoms with Crippen LogP contribution in [0.1, 0.15) is 22.3 Å². The van der Waals surface area contributed by atoms with Gasteiger partial charge in [-0.15, -0.1) is 0 Å². The molecule has 0 radical (unpaired) electrons. The second-order valence-corrected chi connectivity index (χ2v) is 8.65. The van der Waals surface area contributed by atoms with Gasteiger partial charge < -0.3 is 14.2 Å². The van der Waals surface area contributed by atoms with Crippen molar-refractivity contribution in [2.45, 2.75) is 13.5 Å². The molecule has 0 saturated carbocycles. The number of methoxy groups -OCH3 is 1. The summed E-state index contributed by atoms with van der Waals surface area (Å²) in [6.45, 7) is 1.61. The summed E-state index contributed by atoms with van der Waals surface area (Å²) in [4.78, 5) is 38.0. The van der Waals surface area contributed by atoms with Gasteiger partial charge in [-0.1, -0.05) is 18.2 Å². The summed E-state index contributed by atoms with van der Waals surface area (Å²) in [5.74, 6) is -0.0271. The SMILES string of the molecule is COc1cc(/C=C2\N=C(c3cccc([N+](=O)[O-])c3C)OC2=O)cc(Br)c1OCc1cccc([N+](=O)[O-])c1. The van der Waals surface area contributed by atoms with Crippen LogP contribution in [0, 0.1) is 27.2 Å². The molecule has 1 heterocycles. The maximum atomic E-state index is 12.5. The Morgan fingerprint density at radius 2 is 1.84 bits per heavy atom. The molecule has 0 bridgehead atoms. The number of carbonyl (C=O) groups is 1. The van der Waals surface area contributed by atoms with Crippen LogP contribution < -0.4 is 9.47 Å². The first kappa shape index (κ1) is 25.5. The van der Waals surface area contributed by atoms with Crippen LogP contribution >= 0.6 is 15.9 Å². The number of hydrogen-bond acceptors (Lipinski definition) is 9. The smallest absolute Gasteiger partial charge is 0.363 e. The van der Waals surface area contributed by atoms with Gasteiger partial charge in [0.25, 0.3) is 11.4 Å². The lowest BCUT2D eigenvalue weighted by Gasteiger charge is -2.13. The highest BCUT2D eigenvalue weighted by atomic mass is 79.9. The number of nitro groups is 2. The molecule has 3 aromatic carbocycles. The summed E-state index contributed by atoms with van der Waals surface area (Å²) >= 11 is 3.44. The van der Waals surface area contributed by atoms with Crippen LogP contribution in [0.3, 0.4) is 0 Å². The van der Waals surface area contributed by atoms with Crippen LogP contribution in [0.5, 0.6) is 11.5 Å². The normalized spacial score (nSPS) is 13.8. The number of halogens is 1. The minimum Gasteiger partial charge on any atom is -0.493 e. The first-order valence-electron chi connectivity index (χ1n) is 10.7. The third-order valence-electron chi connectivity index (χ3n) is 5.41. The molecule has 1 aliphatic rings. The molecule has 12 heteroatoms. The Morgan fingerprint density at radius 1 is 1.08 bits per heavy atom. The number of esters is 1. The summed E-state index contributed by atoms with van der Waals surface area (Å²) < 4.78 is 17.1. The summed E-state index contributed by atoms with van der Waals surface area (Å²) in [5, 5.41) is 22.2. The second-order valence-electron chi connectivity index (χ2n) is 7.79. The highest BCUT2D eigenvalue weighted by molar-refractivity contribution is 9.10. The van der Waals surface area contributed by atoms with Crippen molar-refractivity contribution in [2.75, 3.05) is 7.11 Å². The van der Waals surface area contributed by atoms with E-state index in [2.05, 4.69) is 20.9 Å². The molecule has 0 unspecified atom stereocenters. The molecule has 0 N–H and O–H groups in total. The molecule has 0 atom stereocenters. The number of rotatable bonds is 8. The molecule has 0 amide bonds. The number of aliphatic imine (C=N–C) groups is 1. The summed E-state index contributed by atoms with van der Waals surface area (Å²) in [6, 6.07) is 13.8. The molecule has 3 aromatic rings. The maximum Gasteiger partial charge on any atom is 0.363 e. The predicted octanol–water partition coefficient (Wildman–Crippen LogP) is 5.51. The number of carbonyl (C=O) groups excluding carboxylic acids is 1. The Morgan fingerprint density at radius 3 is 2.54 bits per heavy atom. The fourth-order valence-electron chi connectivity index (χ4n) is 3.61. The lowest BCUT2D eigenvalue weighted by atomic mass is 10.1. The molecule has 0 fully saturated rings. The molecule has 0 aromatic heterocycles. The highest BCUT2D eigenvalue weighted by Gasteiger charge is 2.27. The van der Waals surface area contributed by atoms with Crippen molar-refractivity contribution in [3.63, 3.8) is 0 Å². The van der Waals surface area contributed by atoms with Crippen LogP contribution in [0.15, 0.2) is 69.8 Å². The van der Waals surface area contributed by atoms with Crippen molar-refractivity contribution in [1.29, 1.82) is 0 Å². The average molecular weight is 568 g/mol. The van der Waals surface area contributed by atoms with E-state index in [0.717, 1.165) is 0 Å². The maximum absolute atomic E-state index is 12.5. The van der Waals surface area contributed by atoms with Crippen molar-refractivity contribution in [3.8, 4) is 11.5 Å². The van der Waals surface area contributed by atoms with Gasteiger partial charge in [0.2, 0.25) is 5.90 Å². The van der Waals surface area contributed by atoms with Gasteiger partial charge in [-0.2, -0.15) is 0 Å². The van der Waals surface area contributed by atoms with Gasteiger partial charge in [-0.05, 0) is 58.3 Å². The lowest BCUT2D eigenvalue weighted by Crippen LogP contribution is -2.08. The fraction of sp³-hybridized carbons (Fsp3) is 0.120. The predicted molar refractivity (Wildman–Crippen MR) is 137 cm³/mol. The second kappa shape index (κ2) is 10.6. The lowest BCUT2D eigenvalue weighted by molar-refractivity contribution is -0.385. The van der Waals surface area contributed by atoms with E-state index >= 15 is 0 Å². The number of hydrogen-bond donors (Lipinski definition) is 0. The van der Waals surface area contributed by atoms with Crippen LogP contribution in [-0.4, -0.2) is 28.8 Å². The Balaban J connectivity index is 1.61. The molecule has 4 rings (SSSR count). The molecule has 0 spiro atoms. The van der Waals surface area contributed by atoms with Crippen molar-refractivity contribution >= 4 is 45.2 Å². The zero-order valence-corrected chi connectivity index (χ0v) is 21.1. The largest absolute Gasteiger partial charge is 0.493 e. The summed E-state index contributed by atoms with van der Waals surface area (Å²) in [6.07, 6.45) is 1.49. The highest BCUT2D eigenvalue weighted by Crippen LogP contribution is 2.38. The summed E-state index contributed by atoms with van der Waals surface area (Å²) in [5.41, 5.74) is 1.66.